The third kappa shape index (κ3) is 7.36. The molecule has 0 amide bonds. The second-order valence-corrected chi connectivity index (χ2v) is 8.10. The Morgan fingerprint density at radius 3 is 2.00 bits per heavy atom. The molecule has 23 heavy (non-hydrogen) atoms. The van der Waals surface area contributed by atoms with E-state index < -0.39 is 5.41 Å². The van der Waals surface area contributed by atoms with E-state index in [-0.39, 0.29) is 29.7 Å². The topological polar surface area (TPSA) is 52.3 Å². The van der Waals surface area contributed by atoms with E-state index in [4.69, 9.17) is 10.5 Å². The molecular formula is C19H32ClNO2. The number of halogens is 1. The number of nitrogens with two attached hydrogens (primary N) is 1. The van der Waals surface area contributed by atoms with Crippen molar-refractivity contribution >= 4 is 18.4 Å². The lowest BCUT2D eigenvalue weighted by atomic mass is 9.86. The van der Waals surface area contributed by atoms with Gasteiger partial charge in [-0.3, -0.25) is 4.79 Å². The van der Waals surface area contributed by atoms with Gasteiger partial charge in [0, 0.05) is 5.92 Å². The van der Waals surface area contributed by atoms with Gasteiger partial charge in [0.1, 0.15) is 0 Å². The molecule has 0 aliphatic carbocycles. The highest BCUT2D eigenvalue weighted by Crippen LogP contribution is 2.23. The molecule has 0 heterocycles. The van der Waals surface area contributed by atoms with E-state index in [0.29, 0.717) is 13.2 Å². The zero-order valence-electron chi connectivity index (χ0n) is 15.3. The SMILES string of the molecule is CC(C)(C)C(=O)OCC(CN)Cc1ccc(C(C)(C)C)cc1.Cl. The van der Waals surface area contributed by atoms with Crippen LogP contribution in [0.2, 0.25) is 0 Å². The van der Waals surface area contributed by atoms with Crippen LogP contribution in [0.5, 0.6) is 0 Å². The van der Waals surface area contributed by atoms with E-state index in [1.165, 1.54) is 11.1 Å². The van der Waals surface area contributed by atoms with Crippen molar-refractivity contribution in [1.29, 1.82) is 0 Å². The highest BCUT2D eigenvalue weighted by atomic mass is 35.5. The van der Waals surface area contributed by atoms with Crippen molar-refractivity contribution in [2.24, 2.45) is 17.1 Å². The molecular weight excluding hydrogens is 310 g/mol. The quantitative estimate of drug-likeness (QED) is 0.820. The molecule has 3 nitrogen and oxygen atoms in total. The van der Waals surface area contributed by atoms with Crippen molar-refractivity contribution in [3.05, 3.63) is 35.4 Å². The molecule has 0 fully saturated rings. The molecule has 0 saturated heterocycles. The maximum absolute atomic E-state index is 11.8. The van der Waals surface area contributed by atoms with Crippen LogP contribution in [-0.4, -0.2) is 19.1 Å². The van der Waals surface area contributed by atoms with Crippen LogP contribution in [0, 0.1) is 11.3 Å². The summed E-state index contributed by atoms with van der Waals surface area (Å²) in [6, 6.07) is 8.64. The van der Waals surface area contributed by atoms with Gasteiger partial charge in [0.2, 0.25) is 0 Å². The van der Waals surface area contributed by atoms with E-state index in [2.05, 4.69) is 45.0 Å². The van der Waals surface area contributed by atoms with E-state index in [0.717, 1.165) is 6.42 Å². The lowest BCUT2D eigenvalue weighted by molar-refractivity contribution is -0.154. The van der Waals surface area contributed by atoms with Crippen molar-refractivity contribution in [3.63, 3.8) is 0 Å². The molecule has 2 N–H and O–H groups in total. The maximum Gasteiger partial charge on any atom is 0.311 e. The largest absolute Gasteiger partial charge is 0.465 e. The van der Waals surface area contributed by atoms with Crippen LogP contribution < -0.4 is 5.73 Å². The van der Waals surface area contributed by atoms with Crippen LogP contribution in [0.4, 0.5) is 0 Å². The Morgan fingerprint density at radius 1 is 1.09 bits per heavy atom. The fraction of sp³-hybridized carbons (Fsp3) is 0.632. The Labute approximate surface area is 147 Å². The number of rotatable bonds is 5. The smallest absolute Gasteiger partial charge is 0.311 e. The molecule has 1 aromatic rings. The molecule has 0 radical (unpaired) electrons. The summed E-state index contributed by atoms with van der Waals surface area (Å²) in [5.74, 6) is -0.0131. The van der Waals surface area contributed by atoms with E-state index >= 15 is 0 Å². The van der Waals surface area contributed by atoms with Gasteiger partial charge in [0.15, 0.2) is 0 Å². The second kappa shape index (κ2) is 8.70. The Balaban J connectivity index is 0.00000484. The minimum atomic E-state index is -0.465. The summed E-state index contributed by atoms with van der Waals surface area (Å²) in [6.07, 6.45) is 0.832. The van der Waals surface area contributed by atoms with Crippen LogP contribution in [0.25, 0.3) is 0 Å². The first kappa shape index (κ1) is 21.9. The molecule has 0 saturated carbocycles. The molecule has 0 spiro atoms. The Bertz CT molecular complexity index is 484. The first-order chi connectivity index (χ1) is 10.0. The molecule has 132 valence electrons. The number of esters is 1. The van der Waals surface area contributed by atoms with Gasteiger partial charge in [-0.25, -0.2) is 0 Å². The highest BCUT2D eigenvalue weighted by molar-refractivity contribution is 5.85. The zero-order chi connectivity index (χ0) is 17.0. The summed E-state index contributed by atoms with van der Waals surface area (Å²) in [7, 11) is 0. The van der Waals surface area contributed by atoms with Gasteiger partial charge in [0.05, 0.1) is 12.0 Å². The predicted octanol–water partition coefficient (Wildman–Crippen LogP) is 4.11. The van der Waals surface area contributed by atoms with Crippen molar-refractivity contribution in [2.75, 3.05) is 13.2 Å². The van der Waals surface area contributed by atoms with Crippen LogP contribution in [0.3, 0.4) is 0 Å². The number of carbonyl (C=O) groups excluding carboxylic acids is 1. The first-order valence-electron chi connectivity index (χ1n) is 8.00. The van der Waals surface area contributed by atoms with Gasteiger partial charge >= 0.3 is 5.97 Å². The average Bonchev–Trinajstić information content (AvgIpc) is 2.41. The lowest BCUT2D eigenvalue weighted by Crippen LogP contribution is -2.29. The molecule has 0 bridgehead atoms. The minimum Gasteiger partial charge on any atom is -0.465 e. The normalized spacial score (nSPS) is 13.2. The van der Waals surface area contributed by atoms with E-state index in [9.17, 15) is 4.79 Å². The predicted molar refractivity (Wildman–Crippen MR) is 99.1 cm³/mol. The average molecular weight is 342 g/mol. The van der Waals surface area contributed by atoms with Crippen molar-refractivity contribution in [2.45, 2.75) is 53.4 Å². The first-order valence-corrected chi connectivity index (χ1v) is 8.00. The lowest BCUT2D eigenvalue weighted by Gasteiger charge is -2.21. The van der Waals surface area contributed by atoms with Crippen LogP contribution in [-0.2, 0) is 21.4 Å². The minimum absolute atomic E-state index is 0. The number of benzene rings is 1. The zero-order valence-corrected chi connectivity index (χ0v) is 16.1. The third-order valence-electron chi connectivity index (χ3n) is 3.74. The van der Waals surface area contributed by atoms with Crippen LogP contribution >= 0.6 is 12.4 Å². The summed E-state index contributed by atoms with van der Waals surface area (Å²) >= 11 is 0. The molecule has 1 atom stereocenters. The monoisotopic (exact) mass is 341 g/mol. The van der Waals surface area contributed by atoms with Crippen LogP contribution in [0.1, 0.15) is 52.7 Å². The molecule has 1 rings (SSSR count). The number of carbonyl (C=O) groups is 1. The standard InChI is InChI=1S/C19H31NO2.ClH/c1-18(2,3)16-9-7-14(8-10-16)11-15(12-20)13-22-17(21)19(4,5)6;/h7-10,15H,11-13,20H2,1-6H3;1H. The number of hydrogen-bond acceptors (Lipinski definition) is 3. The second-order valence-electron chi connectivity index (χ2n) is 8.10. The Hall–Kier alpha value is -1.06. The van der Waals surface area contributed by atoms with Crippen molar-refractivity contribution in [1.82, 2.24) is 0 Å². The van der Waals surface area contributed by atoms with Gasteiger partial charge < -0.3 is 10.5 Å². The Morgan fingerprint density at radius 2 is 1.61 bits per heavy atom. The van der Waals surface area contributed by atoms with Gasteiger partial charge in [-0.2, -0.15) is 0 Å². The summed E-state index contributed by atoms with van der Waals surface area (Å²) in [5.41, 5.74) is 8.07. The Kier molecular flexibility index (Phi) is 8.30. The van der Waals surface area contributed by atoms with Gasteiger partial charge in [-0.05, 0) is 50.3 Å². The summed E-state index contributed by atoms with van der Waals surface area (Å²) in [4.78, 5) is 11.8. The molecule has 0 aromatic heterocycles. The summed E-state index contributed by atoms with van der Waals surface area (Å²) in [6.45, 7) is 13.1. The highest BCUT2D eigenvalue weighted by Gasteiger charge is 2.24. The van der Waals surface area contributed by atoms with Gasteiger partial charge in [-0.15, -0.1) is 12.4 Å². The molecule has 0 aliphatic rings. The van der Waals surface area contributed by atoms with Crippen LogP contribution in [0.15, 0.2) is 24.3 Å². The van der Waals surface area contributed by atoms with Gasteiger partial charge in [0.25, 0.3) is 0 Å². The van der Waals surface area contributed by atoms with Crippen molar-refractivity contribution < 1.29 is 9.53 Å². The number of hydrogen-bond donors (Lipinski definition) is 1. The fourth-order valence-electron chi connectivity index (χ4n) is 2.09. The summed E-state index contributed by atoms with van der Waals surface area (Å²) < 4.78 is 5.39. The van der Waals surface area contributed by atoms with E-state index in [1.54, 1.807) is 0 Å². The molecule has 1 unspecified atom stereocenters. The van der Waals surface area contributed by atoms with E-state index in [1.807, 2.05) is 20.8 Å². The molecule has 4 heteroatoms. The fourth-order valence-corrected chi connectivity index (χ4v) is 2.09. The number of ether oxygens (including phenoxy) is 1. The molecule has 0 aliphatic heterocycles. The maximum atomic E-state index is 11.8. The third-order valence-corrected chi connectivity index (χ3v) is 3.74. The van der Waals surface area contributed by atoms with Gasteiger partial charge in [-0.1, -0.05) is 45.0 Å². The van der Waals surface area contributed by atoms with Crippen molar-refractivity contribution in [3.8, 4) is 0 Å². The molecule has 1 aromatic carbocycles. The summed E-state index contributed by atoms with van der Waals surface area (Å²) in [5, 5.41) is 0.